The molecule has 0 saturated carbocycles. The highest BCUT2D eigenvalue weighted by molar-refractivity contribution is 5.82. The number of nitrogens with one attached hydrogen (secondary N) is 1. The number of benzene rings is 1. The van der Waals surface area contributed by atoms with Crippen molar-refractivity contribution in [1.29, 1.82) is 0 Å². The summed E-state index contributed by atoms with van der Waals surface area (Å²) >= 11 is 0. The molecule has 3 N–H and O–H groups in total. The van der Waals surface area contributed by atoms with Gasteiger partial charge in [0.25, 0.3) is 0 Å². The van der Waals surface area contributed by atoms with Crippen LogP contribution in [0.1, 0.15) is 17.4 Å². The van der Waals surface area contributed by atoms with Gasteiger partial charge in [-0.25, -0.2) is 4.98 Å². The molecule has 0 aliphatic heterocycles. The lowest BCUT2D eigenvalue weighted by Crippen LogP contribution is -2.14. The van der Waals surface area contributed by atoms with Crippen LogP contribution in [-0.4, -0.2) is 15.0 Å². The summed E-state index contributed by atoms with van der Waals surface area (Å²) in [5.41, 5.74) is 8.35. The molecule has 90 valence electrons. The van der Waals surface area contributed by atoms with Gasteiger partial charge in [-0.15, -0.1) is 0 Å². The van der Waals surface area contributed by atoms with Gasteiger partial charge in [-0.1, -0.05) is 18.2 Å². The lowest BCUT2D eigenvalue weighted by molar-refractivity contribution is 0.699. The Morgan fingerprint density at radius 1 is 1.11 bits per heavy atom. The van der Waals surface area contributed by atoms with Gasteiger partial charge in [0.2, 0.25) is 0 Å². The van der Waals surface area contributed by atoms with E-state index in [2.05, 4.69) is 27.1 Å². The van der Waals surface area contributed by atoms with E-state index >= 15 is 0 Å². The van der Waals surface area contributed by atoms with Crippen molar-refractivity contribution in [2.24, 2.45) is 5.73 Å². The lowest BCUT2D eigenvalue weighted by Gasteiger charge is -2.13. The van der Waals surface area contributed by atoms with Gasteiger partial charge in [0.15, 0.2) is 0 Å². The number of aromatic nitrogens is 3. The number of hydrogen-bond acceptors (Lipinski definition) is 3. The molecule has 3 aromatic rings. The summed E-state index contributed by atoms with van der Waals surface area (Å²) in [5.74, 6) is 0.906. The molecule has 1 aromatic carbocycles. The minimum absolute atomic E-state index is 0.0796. The van der Waals surface area contributed by atoms with Crippen molar-refractivity contribution in [3.63, 3.8) is 0 Å². The summed E-state index contributed by atoms with van der Waals surface area (Å²) in [7, 11) is 0. The first-order valence-corrected chi connectivity index (χ1v) is 5.92. The van der Waals surface area contributed by atoms with Gasteiger partial charge in [0.1, 0.15) is 5.82 Å². The summed E-state index contributed by atoms with van der Waals surface area (Å²) in [6, 6.07) is 9.96. The Hall–Kier alpha value is -2.20. The van der Waals surface area contributed by atoms with Crippen molar-refractivity contribution in [1.82, 2.24) is 15.0 Å². The molecule has 0 aliphatic rings. The van der Waals surface area contributed by atoms with Crippen molar-refractivity contribution in [2.75, 3.05) is 0 Å². The molecule has 0 bridgehead atoms. The molecule has 3 rings (SSSR count). The Morgan fingerprint density at radius 3 is 2.89 bits per heavy atom. The summed E-state index contributed by atoms with van der Waals surface area (Å²) < 4.78 is 0. The Bertz CT molecular complexity index is 640. The zero-order valence-corrected chi connectivity index (χ0v) is 9.88. The van der Waals surface area contributed by atoms with Gasteiger partial charge >= 0.3 is 0 Å². The second kappa shape index (κ2) is 4.58. The second-order valence-corrected chi connectivity index (χ2v) is 4.26. The van der Waals surface area contributed by atoms with Gasteiger partial charge in [-0.3, -0.25) is 4.98 Å². The van der Waals surface area contributed by atoms with Crippen molar-refractivity contribution in [3.8, 4) is 0 Å². The number of nitrogens with zero attached hydrogens (tertiary/aromatic N) is 2. The maximum Gasteiger partial charge on any atom is 0.107 e. The van der Waals surface area contributed by atoms with E-state index in [1.807, 2.05) is 24.4 Å². The maximum atomic E-state index is 6.26. The van der Waals surface area contributed by atoms with Crippen molar-refractivity contribution >= 4 is 10.9 Å². The van der Waals surface area contributed by atoms with Crippen LogP contribution in [0.2, 0.25) is 0 Å². The van der Waals surface area contributed by atoms with Crippen LogP contribution in [0.4, 0.5) is 0 Å². The normalized spacial score (nSPS) is 12.7. The zero-order valence-electron chi connectivity index (χ0n) is 9.88. The van der Waals surface area contributed by atoms with E-state index in [1.54, 1.807) is 12.4 Å². The number of fused-ring (bicyclic) bond motifs is 1. The highest BCUT2D eigenvalue weighted by Gasteiger charge is 2.11. The maximum absolute atomic E-state index is 6.26. The van der Waals surface area contributed by atoms with Crippen LogP contribution < -0.4 is 5.73 Å². The van der Waals surface area contributed by atoms with Crippen LogP contribution in [0.3, 0.4) is 0 Å². The molecule has 0 spiro atoms. The Kier molecular flexibility index (Phi) is 2.78. The van der Waals surface area contributed by atoms with Gasteiger partial charge in [-0.2, -0.15) is 0 Å². The molecule has 0 amide bonds. The second-order valence-electron chi connectivity index (χ2n) is 4.26. The number of imidazole rings is 1. The molecule has 2 aromatic heterocycles. The number of nitrogens with two attached hydrogens (primary N) is 1. The topological polar surface area (TPSA) is 67.6 Å². The quantitative estimate of drug-likeness (QED) is 0.735. The number of hydrogen-bond donors (Lipinski definition) is 2. The van der Waals surface area contributed by atoms with Crippen molar-refractivity contribution in [3.05, 3.63) is 60.3 Å². The summed E-state index contributed by atoms with van der Waals surface area (Å²) in [6.45, 7) is 0. The molecule has 4 nitrogen and oxygen atoms in total. The third kappa shape index (κ3) is 1.98. The highest BCUT2D eigenvalue weighted by Crippen LogP contribution is 2.23. The van der Waals surface area contributed by atoms with E-state index < -0.39 is 0 Å². The zero-order chi connectivity index (χ0) is 12.4. The van der Waals surface area contributed by atoms with Gasteiger partial charge in [0.05, 0.1) is 5.52 Å². The molecule has 1 unspecified atom stereocenters. The van der Waals surface area contributed by atoms with E-state index in [0.717, 1.165) is 22.3 Å². The number of H-pyrrole nitrogens is 1. The van der Waals surface area contributed by atoms with Crippen molar-refractivity contribution in [2.45, 2.75) is 12.5 Å². The van der Waals surface area contributed by atoms with Crippen LogP contribution in [0, 0.1) is 0 Å². The van der Waals surface area contributed by atoms with Gasteiger partial charge in [-0.05, 0) is 17.7 Å². The number of pyridine rings is 1. The molecule has 18 heavy (non-hydrogen) atoms. The third-order valence-electron chi connectivity index (χ3n) is 3.05. The van der Waals surface area contributed by atoms with Crippen LogP contribution in [0.25, 0.3) is 10.9 Å². The highest BCUT2D eigenvalue weighted by atomic mass is 14.9. The molecule has 0 radical (unpaired) electrons. The first-order chi connectivity index (χ1) is 8.84. The minimum atomic E-state index is -0.0796. The molecule has 2 heterocycles. The predicted molar refractivity (Wildman–Crippen MR) is 71.0 cm³/mol. The Labute approximate surface area is 105 Å². The molecular weight excluding hydrogens is 224 g/mol. The smallest absolute Gasteiger partial charge is 0.107 e. The average Bonchev–Trinajstić information content (AvgIpc) is 2.91. The molecular formula is C14H14N4. The number of rotatable bonds is 3. The van der Waals surface area contributed by atoms with Crippen LogP contribution >= 0.6 is 0 Å². The standard InChI is InChI=1S/C14H14N4/c15-12(9-14-17-7-8-18-14)10-3-1-5-13-11(10)4-2-6-16-13/h1-8,12H,9,15H2,(H,17,18). The fourth-order valence-corrected chi connectivity index (χ4v) is 2.18. The Morgan fingerprint density at radius 2 is 2.06 bits per heavy atom. The fraction of sp³-hybridized carbons (Fsp3) is 0.143. The largest absolute Gasteiger partial charge is 0.349 e. The predicted octanol–water partition coefficient (Wildman–Crippen LogP) is 2.20. The summed E-state index contributed by atoms with van der Waals surface area (Å²) in [5, 5.41) is 1.11. The SMILES string of the molecule is NC(Cc1ncc[nH]1)c1cccc2ncccc12. The molecule has 4 heteroatoms. The van der Waals surface area contributed by atoms with Crippen molar-refractivity contribution < 1.29 is 0 Å². The third-order valence-corrected chi connectivity index (χ3v) is 3.05. The monoisotopic (exact) mass is 238 g/mol. The first kappa shape index (κ1) is 10.9. The molecule has 0 aliphatic carbocycles. The van der Waals surface area contributed by atoms with E-state index in [1.165, 1.54) is 0 Å². The van der Waals surface area contributed by atoms with Crippen LogP contribution in [0.5, 0.6) is 0 Å². The minimum Gasteiger partial charge on any atom is -0.349 e. The van der Waals surface area contributed by atoms with Crippen LogP contribution in [-0.2, 0) is 6.42 Å². The van der Waals surface area contributed by atoms with Crippen LogP contribution in [0.15, 0.2) is 48.9 Å². The van der Waals surface area contributed by atoms with Gasteiger partial charge in [0, 0.05) is 36.4 Å². The molecule has 0 fully saturated rings. The van der Waals surface area contributed by atoms with E-state index in [0.29, 0.717) is 6.42 Å². The van der Waals surface area contributed by atoms with Gasteiger partial charge < -0.3 is 10.7 Å². The Balaban J connectivity index is 1.98. The lowest BCUT2D eigenvalue weighted by atomic mass is 9.99. The molecule has 0 saturated heterocycles. The van der Waals surface area contributed by atoms with E-state index in [4.69, 9.17) is 5.73 Å². The molecule has 1 atom stereocenters. The summed E-state index contributed by atoms with van der Waals surface area (Å²) in [6.07, 6.45) is 6.05. The number of aromatic amines is 1. The average molecular weight is 238 g/mol. The fourth-order valence-electron chi connectivity index (χ4n) is 2.18. The van der Waals surface area contributed by atoms with E-state index in [-0.39, 0.29) is 6.04 Å². The summed E-state index contributed by atoms with van der Waals surface area (Å²) in [4.78, 5) is 11.6. The van der Waals surface area contributed by atoms with E-state index in [9.17, 15) is 0 Å². The first-order valence-electron chi connectivity index (χ1n) is 5.92.